The van der Waals surface area contributed by atoms with E-state index in [4.69, 9.17) is 4.42 Å². The summed E-state index contributed by atoms with van der Waals surface area (Å²) in [6.07, 6.45) is 0.505. The van der Waals surface area contributed by atoms with Gasteiger partial charge in [-0.2, -0.15) is 0 Å². The number of methoxy groups -OCH3 is 1. The molecule has 5 nitrogen and oxygen atoms in total. The molecule has 18 heavy (non-hydrogen) atoms. The second-order valence-electron chi connectivity index (χ2n) is 4.09. The van der Waals surface area contributed by atoms with Gasteiger partial charge in [-0.25, -0.2) is 4.79 Å². The number of aryl methyl sites for hydroxylation is 2. The second kappa shape index (κ2) is 5.00. The van der Waals surface area contributed by atoms with Crippen molar-refractivity contribution in [2.75, 3.05) is 7.11 Å². The van der Waals surface area contributed by atoms with E-state index in [1.54, 1.807) is 0 Å². The summed E-state index contributed by atoms with van der Waals surface area (Å²) in [7, 11) is 1.27. The molecule has 5 heteroatoms. The summed E-state index contributed by atoms with van der Waals surface area (Å²) in [6.45, 7) is 4.10. The van der Waals surface area contributed by atoms with Gasteiger partial charge in [-0.05, 0) is 30.5 Å². The van der Waals surface area contributed by atoms with E-state index in [1.807, 2.05) is 19.1 Å². The Balaban J connectivity index is 2.16. The number of hydrogen-bond donors (Lipinski definition) is 0. The number of rotatable bonds is 3. The molecule has 0 atom stereocenters. The van der Waals surface area contributed by atoms with Crippen LogP contribution in [0.2, 0.25) is 0 Å². The maximum atomic E-state index is 11.2. The van der Waals surface area contributed by atoms with Crippen LogP contribution < -0.4 is 0 Å². The number of hydrogen-bond acceptors (Lipinski definition) is 5. The molecular weight excluding hydrogens is 232 g/mol. The normalized spacial score (nSPS) is 10.4. The van der Waals surface area contributed by atoms with Crippen LogP contribution in [-0.2, 0) is 11.2 Å². The first-order valence-electron chi connectivity index (χ1n) is 5.57. The van der Waals surface area contributed by atoms with Crippen molar-refractivity contribution in [3.8, 4) is 0 Å². The van der Waals surface area contributed by atoms with Gasteiger partial charge >= 0.3 is 11.9 Å². The van der Waals surface area contributed by atoms with E-state index in [1.165, 1.54) is 18.2 Å². The van der Waals surface area contributed by atoms with Crippen LogP contribution in [0.1, 0.15) is 33.3 Å². The fraction of sp³-hybridized carbons (Fsp3) is 0.308. The van der Waals surface area contributed by atoms with Gasteiger partial charge in [-0.3, -0.25) is 0 Å². The summed E-state index contributed by atoms with van der Waals surface area (Å²) in [6, 6.07) is 6.12. The van der Waals surface area contributed by atoms with Crippen LogP contribution in [0.4, 0.5) is 0 Å². The maximum Gasteiger partial charge on any atom is 0.396 e. The number of carbonyl (C=O) groups is 1. The molecule has 1 aromatic carbocycles. The first-order valence-corrected chi connectivity index (χ1v) is 5.57. The molecule has 0 aliphatic rings. The number of ether oxygens (including phenoxy) is 1. The van der Waals surface area contributed by atoms with Gasteiger partial charge in [0.15, 0.2) is 0 Å². The third kappa shape index (κ3) is 2.56. The molecular formula is C13H14N2O3. The SMILES string of the molecule is COC(=O)c1nnc(Cc2ccc(C)c(C)c2)o1. The Morgan fingerprint density at radius 1 is 1.28 bits per heavy atom. The first kappa shape index (κ1) is 12.3. The fourth-order valence-electron chi connectivity index (χ4n) is 1.58. The van der Waals surface area contributed by atoms with Crippen LogP contribution in [0.25, 0.3) is 0 Å². The van der Waals surface area contributed by atoms with Crippen molar-refractivity contribution in [1.82, 2.24) is 10.2 Å². The molecule has 0 fully saturated rings. The van der Waals surface area contributed by atoms with Gasteiger partial charge in [0.1, 0.15) is 0 Å². The predicted octanol–water partition coefficient (Wildman–Crippen LogP) is 2.06. The molecule has 0 saturated heterocycles. The third-order valence-electron chi connectivity index (χ3n) is 2.75. The number of carbonyl (C=O) groups excluding carboxylic acids is 1. The molecule has 0 bridgehead atoms. The average Bonchev–Trinajstić information content (AvgIpc) is 2.81. The Bertz CT molecular complexity index is 575. The summed E-state index contributed by atoms with van der Waals surface area (Å²) < 4.78 is 9.71. The summed E-state index contributed by atoms with van der Waals surface area (Å²) >= 11 is 0. The smallest absolute Gasteiger partial charge is 0.396 e. The average molecular weight is 246 g/mol. The highest BCUT2D eigenvalue weighted by atomic mass is 16.5. The Morgan fingerprint density at radius 2 is 2.06 bits per heavy atom. The largest absolute Gasteiger partial charge is 0.462 e. The van der Waals surface area contributed by atoms with Gasteiger partial charge in [-0.1, -0.05) is 18.2 Å². The molecule has 0 aliphatic carbocycles. The summed E-state index contributed by atoms with van der Waals surface area (Å²) in [5.41, 5.74) is 3.51. The van der Waals surface area contributed by atoms with Crippen molar-refractivity contribution in [2.24, 2.45) is 0 Å². The highest BCUT2D eigenvalue weighted by molar-refractivity contribution is 5.83. The van der Waals surface area contributed by atoms with Crippen LogP contribution in [0.3, 0.4) is 0 Å². The van der Waals surface area contributed by atoms with E-state index in [2.05, 4.69) is 27.9 Å². The van der Waals surface area contributed by atoms with Crippen molar-refractivity contribution >= 4 is 5.97 Å². The number of benzene rings is 1. The van der Waals surface area contributed by atoms with Gasteiger partial charge in [0.25, 0.3) is 0 Å². The lowest BCUT2D eigenvalue weighted by Gasteiger charge is -2.02. The van der Waals surface area contributed by atoms with Gasteiger partial charge in [-0.15, -0.1) is 10.2 Å². The molecule has 0 amide bonds. The molecule has 0 radical (unpaired) electrons. The molecule has 0 spiro atoms. The zero-order valence-electron chi connectivity index (χ0n) is 10.6. The summed E-state index contributed by atoms with van der Waals surface area (Å²) in [5, 5.41) is 7.45. The standard InChI is InChI=1S/C13H14N2O3/c1-8-4-5-10(6-9(8)2)7-11-14-15-12(18-11)13(16)17-3/h4-6H,7H2,1-3H3. The van der Waals surface area contributed by atoms with Crippen LogP contribution in [-0.4, -0.2) is 23.3 Å². The Kier molecular flexibility index (Phi) is 3.41. The van der Waals surface area contributed by atoms with Crippen molar-refractivity contribution in [2.45, 2.75) is 20.3 Å². The minimum absolute atomic E-state index is 0.115. The maximum absolute atomic E-state index is 11.2. The minimum Gasteiger partial charge on any atom is -0.462 e. The Labute approximate surface area is 105 Å². The van der Waals surface area contributed by atoms with Gasteiger partial charge < -0.3 is 9.15 Å². The van der Waals surface area contributed by atoms with Gasteiger partial charge in [0.05, 0.1) is 13.5 Å². The molecule has 1 aromatic heterocycles. The first-order chi connectivity index (χ1) is 8.60. The van der Waals surface area contributed by atoms with Crippen LogP contribution in [0, 0.1) is 13.8 Å². The van der Waals surface area contributed by atoms with Gasteiger partial charge in [0, 0.05) is 0 Å². The van der Waals surface area contributed by atoms with Gasteiger partial charge in [0.2, 0.25) is 5.89 Å². The quantitative estimate of drug-likeness (QED) is 0.775. The van der Waals surface area contributed by atoms with Crippen LogP contribution >= 0.6 is 0 Å². The predicted molar refractivity (Wildman–Crippen MR) is 64.4 cm³/mol. The van der Waals surface area contributed by atoms with E-state index in [0.717, 1.165) is 5.56 Å². The fourth-order valence-corrected chi connectivity index (χ4v) is 1.58. The molecule has 94 valence electrons. The monoisotopic (exact) mass is 246 g/mol. The second-order valence-corrected chi connectivity index (χ2v) is 4.09. The minimum atomic E-state index is -0.617. The van der Waals surface area contributed by atoms with Crippen molar-refractivity contribution in [1.29, 1.82) is 0 Å². The van der Waals surface area contributed by atoms with E-state index in [0.29, 0.717) is 12.3 Å². The molecule has 1 heterocycles. The van der Waals surface area contributed by atoms with E-state index in [9.17, 15) is 4.79 Å². The Morgan fingerprint density at radius 3 is 2.72 bits per heavy atom. The highest BCUT2D eigenvalue weighted by Crippen LogP contribution is 2.13. The Hall–Kier alpha value is -2.17. The lowest BCUT2D eigenvalue weighted by Crippen LogP contribution is -2.00. The van der Waals surface area contributed by atoms with Crippen molar-refractivity contribution < 1.29 is 13.9 Å². The summed E-state index contributed by atoms with van der Waals surface area (Å²) in [5.74, 6) is -0.330. The molecule has 2 rings (SSSR count). The van der Waals surface area contributed by atoms with E-state index < -0.39 is 5.97 Å². The molecule has 0 N–H and O–H groups in total. The lowest BCUT2D eigenvalue weighted by atomic mass is 10.0. The van der Waals surface area contributed by atoms with E-state index in [-0.39, 0.29) is 5.89 Å². The number of aromatic nitrogens is 2. The number of nitrogens with zero attached hydrogens (tertiary/aromatic N) is 2. The summed E-state index contributed by atoms with van der Waals surface area (Å²) in [4.78, 5) is 11.2. The molecule has 0 aliphatic heterocycles. The topological polar surface area (TPSA) is 65.2 Å². The zero-order chi connectivity index (χ0) is 13.1. The lowest BCUT2D eigenvalue weighted by molar-refractivity contribution is 0.0554. The van der Waals surface area contributed by atoms with Crippen molar-refractivity contribution in [3.63, 3.8) is 0 Å². The molecule has 0 saturated carbocycles. The molecule has 0 unspecified atom stereocenters. The third-order valence-corrected chi connectivity index (χ3v) is 2.75. The van der Waals surface area contributed by atoms with Crippen molar-refractivity contribution in [3.05, 3.63) is 46.7 Å². The molecule has 2 aromatic rings. The van der Waals surface area contributed by atoms with E-state index >= 15 is 0 Å². The number of esters is 1. The highest BCUT2D eigenvalue weighted by Gasteiger charge is 2.15. The zero-order valence-corrected chi connectivity index (χ0v) is 10.6. The van der Waals surface area contributed by atoms with Crippen LogP contribution in [0.5, 0.6) is 0 Å². The van der Waals surface area contributed by atoms with Crippen LogP contribution in [0.15, 0.2) is 22.6 Å².